The normalized spacial score (nSPS) is 20.1. The lowest BCUT2D eigenvalue weighted by atomic mass is 9.94. The summed E-state index contributed by atoms with van der Waals surface area (Å²) in [6, 6.07) is 9.57. The van der Waals surface area contributed by atoms with Gasteiger partial charge in [-0.3, -0.25) is 9.59 Å². The Bertz CT molecular complexity index is 1280. The first-order chi connectivity index (χ1) is 17.8. The molecule has 198 valence electrons. The Kier molecular flexibility index (Phi) is 8.12. The molecule has 0 saturated carbocycles. The lowest BCUT2D eigenvalue weighted by molar-refractivity contribution is -0.138. The molecule has 2 aliphatic rings. The van der Waals surface area contributed by atoms with Crippen molar-refractivity contribution in [2.24, 2.45) is 0 Å². The van der Waals surface area contributed by atoms with Crippen LogP contribution >= 0.6 is 0 Å². The first-order valence-corrected chi connectivity index (χ1v) is 12.7. The average molecular weight is 512 g/mol. The van der Waals surface area contributed by atoms with Crippen molar-refractivity contribution < 1.29 is 28.9 Å². The number of hydrogen-bond acceptors (Lipinski definition) is 5. The average Bonchev–Trinajstić information content (AvgIpc) is 3.26. The van der Waals surface area contributed by atoms with Gasteiger partial charge in [0.05, 0.1) is 29.6 Å². The largest absolute Gasteiger partial charge is 0.483 e. The number of benzene rings is 2. The predicted molar refractivity (Wildman–Crippen MR) is 139 cm³/mol. The summed E-state index contributed by atoms with van der Waals surface area (Å²) in [7, 11) is 2.12. The Morgan fingerprint density at radius 3 is 2.70 bits per heavy atom. The number of aliphatic carboxylic acids is 1. The van der Waals surface area contributed by atoms with E-state index in [0.717, 1.165) is 49.1 Å². The highest BCUT2D eigenvalue weighted by Crippen LogP contribution is 2.38. The fraction of sp³-hybridized carbons (Fsp3) is 0.464. The Hall–Kier alpha value is -3.46. The Morgan fingerprint density at radius 2 is 2.05 bits per heavy atom. The number of fused-ring (bicyclic) bond motifs is 3. The number of nitrogens with zero attached hydrogens (tertiary/aromatic N) is 3. The minimum absolute atomic E-state index is 0.108. The highest BCUT2D eigenvalue weighted by molar-refractivity contribution is 5.86. The molecular weight excluding hydrogens is 477 g/mol. The SMILES string of the molecule is Cc1ccc(C(Cc2nc3c4c(ccc3n2C2CCCOC2)N(C)C(C)CC4)C(=O)O)cc1F.O=CO. The summed E-state index contributed by atoms with van der Waals surface area (Å²) in [5, 5.41) is 17.0. The van der Waals surface area contributed by atoms with Gasteiger partial charge in [-0.2, -0.15) is 0 Å². The number of carboxylic acids is 1. The molecule has 3 heterocycles. The van der Waals surface area contributed by atoms with Crippen LogP contribution in [0.3, 0.4) is 0 Å². The van der Waals surface area contributed by atoms with Crippen LogP contribution in [0.15, 0.2) is 30.3 Å². The Morgan fingerprint density at radius 1 is 1.30 bits per heavy atom. The van der Waals surface area contributed by atoms with Gasteiger partial charge in [0.1, 0.15) is 11.6 Å². The van der Waals surface area contributed by atoms with Gasteiger partial charge in [0.15, 0.2) is 0 Å². The van der Waals surface area contributed by atoms with Crippen LogP contribution in [0.25, 0.3) is 11.0 Å². The molecule has 37 heavy (non-hydrogen) atoms. The second-order valence-corrected chi connectivity index (χ2v) is 9.91. The predicted octanol–water partition coefficient (Wildman–Crippen LogP) is 4.72. The highest BCUT2D eigenvalue weighted by atomic mass is 19.1. The maximum Gasteiger partial charge on any atom is 0.311 e. The van der Waals surface area contributed by atoms with E-state index in [-0.39, 0.29) is 24.8 Å². The molecule has 9 heteroatoms. The van der Waals surface area contributed by atoms with E-state index in [1.54, 1.807) is 19.1 Å². The number of aromatic nitrogens is 2. The number of aryl methyl sites for hydroxylation is 2. The summed E-state index contributed by atoms with van der Waals surface area (Å²) in [6.45, 7) is 4.99. The summed E-state index contributed by atoms with van der Waals surface area (Å²) in [4.78, 5) is 28.1. The molecule has 3 atom stereocenters. The first-order valence-electron chi connectivity index (χ1n) is 12.7. The van der Waals surface area contributed by atoms with Crippen molar-refractivity contribution in [1.82, 2.24) is 9.55 Å². The van der Waals surface area contributed by atoms with Crippen molar-refractivity contribution in [3.63, 3.8) is 0 Å². The lowest BCUT2D eigenvalue weighted by Crippen LogP contribution is -2.33. The van der Waals surface area contributed by atoms with Crippen molar-refractivity contribution in [2.75, 3.05) is 25.2 Å². The maximum absolute atomic E-state index is 14.3. The first kappa shape index (κ1) is 26.6. The fourth-order valence-corrected chi connectivity index (χ4v) is 5.45. The summed E-state index contributed by atoms with van der Waals surface area (Å²) in [5.74, 6) is -1.51. The monoisotopic (exact) mass is 511 g/mol. The van der Waals surface area contributed by atoms with Crippen LogP contribution in [0.5, 0.6) is 0 Å². The molecule has 2 aliphatic heterocycles. The summed E-state index contributed by atoms with van der Waals surface area (Å²) >= 11 is 0. The van der Waals surface area contributed by atoms with Crippen molar-refractivity contribution in [3.05, 3.63) is 58.7 Å². The van der Waals surface area contributed by atoms with E-state index in [2.05, 4.69) is 35.6 Å². The van der Waals surface area contributed by atoms with Gasteiger partial charge in [0.25, 0.3) is 6.47 Å². The second kappa shape index (κ2) is 11.3. The van der Waals surface area contributed by atoms with Crippen LogP contribution in [-0.2, 0) is 27.2 Å². The van der Waals surface area contributed by atoms with Crippen LogP contribution in [0.2, 0.25) is 0 Å². The van der Waals surface area contributed by atoms with Gasteiger partial charge in [-0.1, -0.05) is 12.1 Å². The topological polar surface area (TPSA) is 105 Å². The van der Waals surface area contributed by atoms with Crippen LogP contribution < -0.4 is 4.90 Å². The number of rotatable bonds is 5. The van der Waals surface area contributed by atoms with E-state index in [0.29, 0.717) is 23.8 Å². The van der Waals surface area contributed by atoms with Gasteiger partial charge in [0.2, 0.25) is 0 Å². The number of carbonyl (C=O) groups is 2. The van der Waals surface area contributed by atoms with Crippen LogP contribution in [0.4, 0.5) is 10.1 Å². The molecule has 0 aliphatic carbocycles. The Labute approximate surface area is 215 Å². The molecule has 0 amide bonds. The molecule has 2 aromatic carbocycles. The number of carboxylic acid groups (broad SMARTS) is 2. The smallest absolute Gasteiger partial charge is 0.311 e. The number of anilines is 1. The highest BCUT2D eigenvalue weighted by Gasteiger charge is 2.30. The molecule has 0 radical (unpaired) electrons. The maximum atomic E-state index is 14.3. The third-order valence-corrected chi connectivity index (χ3v) is 7.65. The molecule has 3 aromatic rings. The Balaban J connectivity index is 0.00000102. The van der Waals surface area contributed by atoms with Gasteiger partial charge in [-0.15, -0.1) is 0 Å². The van der Waals surface area contributed by atoms with E-state index in [9.17, 15) is 14.3 Å². The minimum atomic E-state index is -0.975. The van der Waals surface area contributed by atoms with E-state index in [1.165, 1.54) is 17.3 Å². The van der Waals surface area contributed by atoms with Crippen molar-refractivity contribution in [1.29, 1.82) is 0 Å². The van der Waals surface area contributed by atoms with Crippen LogP contribution in [-0.4, -0.2) is 58.5 Å². The lowest BCUT2D eigenvalue weighted by Gasteiger charge is -2.34. The van der Waals surface area contributed by atoms with Gasteiger partial charge in [-0.05, 0) is 68.9 Å². The molecule has 2 N–H and O–H groups in total. The zero-order valence-electron chi connectivity index (χ0n) is 21.5. The number of imidazole rings is 1. The van der Waals surface area contributed by atoms with Gasteiger partial charge >= 0.3 is 5.97 Å². The van der Waals surface area contributed by atoms with Crippen molar-refractivity contribution in [3.8, 4) is 0 Å². The standard InChI is InChI=1S/C27H32FN3O3.CH2O2/c1-16-6-8-18(13-22(16)28)21(27(32)33)14-25-29-26-20-9-7-17(2)30(3)23(20)10-11-24(26)31(25)19-5-4-12-34-15-19;2-1-3/h6,8,10-11,13,17,19,21H,4-5,7,9,12,14-15H2,1-3H3,(H,32,33);1H,(H,2,3). The van der Waals surface area contributed by atoms with E-state index in [1.807, 2.05) is 0 Å². The zero-order valence-corrected chi connectivity index (χ0v) is 21.5. The number of hydrogen-bond donors (Lipinski definition) is 2. The van der Waals surface area contributed by atoms with Crippen molar-refractivity contribution >= 4 is 29.2 Å². The molecule has 1 saturated heterocycles. The summed E-state index contributed by atoms with van der Waals surface area (Å²) in [6.07, 6.45) is 4.12. The third kappa shape index (κ3) is 5.32. The molecule has 3 unspecified atom stereocenters. The van der Waals surface area contributed by atoms with Gasteiger partial charge in [-0.25, -0.2) is 9.37 Å². The number of ether oxygens (including phenoxy) is 1. The quantitative estimate of drug-likeness (QED) is 0.478. The molecule has 0 bridgehead atoms. The summed E-state index contributed by atoms with van der Waals surface area (Å²) in [5.41, 5.74) is 5.37. The van der Waals surface area contributed by atoms with Gasteiger partial charge in [0, 0.05) is 37.4 Å². The number of halogens is 1. The second-order valence-electron chi connectivity index (χ2n) is 9.91. The molecule has 5 rings (SSSR count). The third-order valence-electron chi connectivity index (χ3n) is 7.65. The van der Waals surface area contributed by atoms with Crippen LogP contribution in [0, 0.1) is 12.7 Å². The molecule has 0 spiro atoms. The van der Waals surface area contributed by atoms with Crippen molar-refractivity contribution in [2.45, 2.75) is 64.0 Å². The van der Waals surface area contributed by atoms with E-state index in [4.69, 9.17) is 19.6 Å². The van der Waals surface area contributed by atoms with E-state index < -0.39 is 11.9 Å². The molecule has 8 nitrogen and oxygen atoms in total. The fourth-order valence-electron chi connectivity index (χ4n) is 5.45. The minimum Gasteiger partial charge on any atom is -0.483 e. The molecular formula is C28H34FN3O5. The molecule has 1 aromatic heterocycles. The summed E-state index contributed by atoms with van der Waals surface area (Å²) < 4.78 is 22.3. The van der Waals surface area contributed by atoms with Gasteiger partial charge < -0.3 is 24.4 Å². The molecule has 1 fully saturated rings. The van der Waals surface area contributed by atoms with Crippen LogP contribution in [0.1, 0.15) is 60.7 Å². The van der Waals surface area contributed by atoms with E-state index >= 15 is 0 Å². The zero-order chi connectivity index (χ0) is 26.7.